The maximum atomic E-state index is 10.7. The average Bonchev–Trinajstić information content (AvgIpc) is 3.28. The minimum atomic E-state index is -1.77. The molecule has 4 aromatic carbocycles. The highest BCUT2D eigenvalue weighted by molar-refractivity contribution is 6.31. The van der Waals surface area contributed by atoms with Crippen LogP contribution in [0.1, 0.15) is 60.3 Å². The lowest BCUT2D eigenvalue weighted by Gasteiger charge is -2.47. The zero-order valence-electron chi connectivity index (χ0n) is 36.7. The van der Waals surface area contributed by atoms with Crippen LogP contribution >= 0.6 is 23.2 Å². The van der Waals surface area contributed by atoms with Gasteiger partial charge in [-0.1, -0.05) is 65.7 Å². The smallest absolute Gasteiger partial charge is 0.224 e. The minimum absolute atomic E-state index is 0. The van der Waals surface area contributed by atoms with Crippen LogP contribution in [0.5, 0.6) is 11.5 Å². The van der Waals surface area contributed by atoms with Crippen LogP contribution in [0.2, 0.25) is 10.0 Å². The van der Waals surface area contributed by atoms with Crippen molar-refractivity contribution in [2.24, 2.45) is 0 Å². The van der Waals surface area contributed by atoms with Crippen molar-refractivity contribution >= 4 is 31.6 Å². The first-order valence-corrected chi connectivity index (χ1v) is 21.3. The number of aliphatic hydroxyl groups is 10. The molecule has 0 aliphatic carbocycles. The second-order valence-corrected chi connectivity index (χ2v) is 15.9. The number of hydrogen-bond acceptors (Lipinski definition) is 15. The van der Waals surface area contributed by atoms with E-state index in [1.54, 1.807) is 30.3 Å². The summed E-state index contributed by atoms with van der Waals surface area (Å²) in [6.07, 6.45) is -11.2. The van der Waals surface area contributed by atoms with E-state index >= 15 is 0 Å². The first-order valence-electron chi connectivity index (χ1n) is 20.6. The van der Waals surface area contributed by atoms with E-state index in [-0.39, 0.29) is 20.5 Å². The molecular formula is C46H62BCl2O16. The number of methoxy groups -OCH3 is 1. The fourth-order valence-corrected chi connectivity index (χ4v) is 7.43. The first kappa shape index (κ1) is 57.7. The number of ether oxygens (including phenoxy) is 5. The molecule has 0 aromatic heterocycles. The van der Waals surface area contributed by atoms with Crippen molar-refractivity contribution in [3.8, 4) is 11.5 Å². The molecule has 6 rings (SSSR count). The normalized spacial score (nSPS) is 26.4. The molecule has 11 atom stereocenters. The molecule has 0 spiro atoms. The molecule has 2 heterocycles. The van der Waals surface area contributed by atoms with Gasteiger partial charge in [-0.2, -0.15) is 0 Å². The Morgan fingerprint density at radius 3 is 1.55 bits per heavy atom. The lowest BCUT2D eigenvalue weighted by atomic mass is 9.87. The molecule has 19 heteroatoms. The van der Waals surface area contributed by atoms with Gasteiger partial charge in [-0.15, -0.1) is 0 Å². The van der Waals surface area contributed by atoms with E-state index in [1.165, 1.54) is 14.0 Å². The van der Waals surface area contributed by atoms with Crippen molar-refractivity contribution in [3.05, 3.63) is 128 Å². The topological polar surface area (TPSA) is 280 Å². The summed E-state index contributed by atoms with van der Waals surface area (Å²) in [6, 6.07) is 25.6. The molecule has 16 nitrogen and oxygen atoms in total. The molecule has 2 aliphatic heterocycles. The van der Waals surface area contributed by atoms with Crippen molar-refractivity contribution in [1.29, 1.82) is 0 Å². The summed E-state index contributed by atoms with van der Waals surface area (Å²) in [6.45, 7) is 5.41. The third-order valence-electron chi connectivity index (χ3n) is 10.5. The zero-order chi connectivity index (χ0) is 46.4. The molecular weight excluding hydrogens is 890 g/mol. The number of benzene rings is 4. The summed E-state index contributed by atoms with van der Waals surface area (Å²) in [7, 11) is 1.32. The molecule has 0 amide bonds. The summed E-state index contributed by atoms with van der Waals surface area (Å²) >= 11 is 12.8. The first-order chi connectivity index (χ1) is 30.1. The number of rotatable bonds is 14. The molecule has 0 saturated carbocycles. The Balaban J connectivity index is 0.000000394. The van der Waals surface area contributed by atoms with E-state index < -0.39 is 80.0 Å². The Hall–Kier alpha value is -3.44. The van der Waals surface area contributed by atoms with Gasteiger partial charge in [0.1, 0.15) is 66.4 Å². The van der Waals surface area contributed by atoms with E-state index in [1.807, 2.05) is 68.4 Å². The Labute approximate surface area is 391 Å². The van der Waals surface area contributed by atoms with E-state index in [4.69, 9.17) is 57.1 Å². The molecule has 2 aliphatic rings. The highest BCUT2D eigenvalue weighted by Crippen LogP contribution is 2.41. The van der Waals surface area contributed by atoms with Crippen molar-refractivity contribution in [2.45, 2.75) is 100 Å². The zero-order valence-corrected chi connectivity index (χ0v) is 38.2. The quantitative estimate of drug-likeness (QED) is 0.0805. The Kier molecular flexibility index (Phi) is 24.3. The van der Waals surface area contributed by atoms with Crippen LogP contribution in [0.25, 0.3) is 0 Å². The maximum absolute atomic E-state index is 10.7. The third kappa shape index (κ3) is 14.8. The van der Waals surface area contributed by atoms with Crippen molar-refractivity contribution < 1.29 is 80.2 Å². The minimum Gasteiger partial charge on any atom is -0.494 e. The molecule has 359 valence electrons. The highest BCUT2D eigenvalue weighted by atomic mass is 35.5. The van der Waals surface area contributed by atoms with Crippen molar-refractivity contribution in [3.63, 3.8) is 0 Å². The van der Waals surface area contributed by atoms with E-state index in [0.717, 1.165) is 33.8 Å². The summed E-state index contributed by atoms with van der Waals surface area (Å²) < 4.78 is 27.8. The SMILES string of the molecule is CCOc1ccc(Cc2cc(C3(OC)O[C@H](CO)[C@@H](O)[C@H](O)[C@H]3O)ccc2Cl)cc1.CCOc1ccc(Cc2cc([C@@H]3O[C@H](CO)[C@@H](O)[C@H](O)[C@H]3O)ccc2Cl)cc1.C[C@H](O)CO.O.[B]. The van der Waals surface area contributed by atoms with Gasteiger partial charge in [0, 0.05) is 31.1 Å². The van der Waals surface area contributed by atoms with Crippen LogP contribution in [0.4, 0.5) is 0 Å². The van der Waals surface area contributed by atoms with Gasteiger partial charge < -0.3 is 80.2 Å². The van der Waals surface area contributed by atoms with Gasteiger partial charge in [0.2, 0.25) is 5.79 Å². The van der Waals surface area contributed by atoms with Crippen LogP contribution in [0.3, 0.4) is 0 Å². The maximum Gasteiger partial charge on any atom is 0.224 e. The van der Waals surface area contributed by atoms with Gasteiger partial charge in [-0.3, -0.25) is 0 Å². The highest BCUT2D eigenvalue weighted by Gasteiger charge is 2.55. The van der Waals surface area contributed by atoms with E-state index in [0.29, 0.717) is 47.2 Å². The fraction of sp³-hybridized carbons (Fsp3) is 0.478. The largest absolute Gasteiger partial charge is 0.494 e. The molecule has 2 saturated heterocycles. The Bertz CT molecular complexity index is 1980. The van der Waals surface area contributed by atoms with Gasteiger partial charge in [0.25, 0.3) is 0 Å². The molecule has 0 bridgehead atoms. The Morgan fingerprint density at radius 2 is 1.11 bits per heavy atom. The van der Waals surface area contributed by atoms with Gasteiger partial charge >= 0.3 is 0 Å². The molecule has 65 heavy (non-hydrogen) atoms. The monoisotopic (exact) mass is 951 g/mol. The van der Waals surface area contributed by atoms with Crippen LogP contribution in [0.15, 0.2) is 84.9 Å². The van der Waals surface area contributed by atoms with Crippen molar-refractivity contribution in [2.75, 3.05) is 40.1 Å². The van der Waals surface area contributed by atoms with Crippen LogP contribution in [-0.4, -0.2) is 160 Å². The number of hydrogen-bond donors (Lipinski definition) is 10. The molecule has 12 N–H and O–H groups in total. The fourth-order valence-electron chi connectivity index (χ4n) is 7.06. The van der Waals surface area contributed by atoms with Crippen LogP contribution < -0.4 is 9.47 Å². The van der Waals surface area contributed by atoms with Gasteiger partial charge in [-0.25, -0.2) is 0 Å². The lowest BCUT2D eigenvalue weighted by molar-refractivity contribution is -0.366. The van der Waals surface area contributed by atoms with Gasteiger partial charge in [0.05, 0.1) is 39.1 Å². The van der Waals surface area contributed by atoms with Crippen LogP contribution in [0, 0.1) is 0 Å². The number of aliphatic hydroxyl groups excluding tert-OH is 10. The van der Waals surface area contributed by atoms with E-state index in [9.17, 15) is 40.9 Å². The predicted molar refractivity (Wildman–Crippen MR) is 243 cm³/mol. The lowest BCUT2D eigenvalue weighted by Crippen LogP contribution is -2.64. The summed E-state index contributed by atoms with van der Waals surface area (Å²) in [5.74, 6) is -0.197. The predicted octanol–water partition coefficient (Wildman–Crippen LogP) is 1.60. The standard InChI is InChI=1S/C22H27ClO7.C21H25ClO6.C3H8O2.B.H2O/c1-3-29-16-7-4-13(5-8-16)10-14-11-15(6-9-17(14)23)22(28-2)21(27)20(26)19(25)18(12-24)30-22;1-2-27-15-6-3-12(4-7-15)9-14-10-13(5-8-16(14)22)21-20(26)19(25)18(24)17(11-23)28-21;1-3(5)2-4;;/h4-9,11,18-21,24-27H,3,10,12H2,1-2H3;3-8,10,17-21,23-26H,2,9,11H2,1H3;3-5H,2H2,1H3;;1H2/t18-,19-,20+,21-,22?;17-,18-,19+,20-,21+;3-;;/m110../s1. The molecule has 4 aromatic rings. The second-order valence-electron chi connectivity index (χ2n) is 15.1. The molecule has 3 radical (unpaired) electrons. The average molecular weight is 953 g/mol. The van der Waals surface area contributed by atoms with Gasteiger partial charge in [0.15, 0.2) is 0 Å². The summed E-state index contributed by atoms with van der Waals surface area (Å²) in [4.78, 5) is 0. The molecule has 1 unspecified atom stereocenters. The van der Waals surface area contributed by atoms with E-state index in [2.05, 4.69) is 0 Å². The Morgan fingerprint density at radius 1 is 0.646 bits per heavy atom. The number of halogens is 2. The summed E-state index contributed by atoms with van der Waals surface area (Å²) in [5.41, 5.74) is 4.65. The second kappa shape index (κ2) is 27.4. The summed E-state index contributed by atoms with van der Waals surface area (Å²) in [5, 5.41) is 97.3. The third-order valence-corrected chi connectivity index (χ3v) is 11.3. The van der Waals surface area contributed by atoms with Crippen LogP contribution in [-0.2, 0) is 32.8 Å². The van der Waals surface area contributed by atoms with Crippen molar-refractivity contribution in [1.82, 2.24) is 0 Å². The molecule has 2 fully saturated rings. The van der Waals surface area contributed by atoms with Gasteiger partial charge in [-0.05, 0) is 104 Å².